The molecule has 5 nitrogen and oxygen atoms in total. The third-order valence-electron chi connectivity index (χ3n) is 2.35. The molecule has 0 aliphatic carbocycles. The van der Waals surface area contributed by atoms with Crippen molar-refractivity contribution in [2.45, 2.75) is 25.9 Å². The molecule has 0 radical (unpaired) electrons. The van der Waals surface area contributed by atoms with E-state index in [2.05, 4.69) is 11.9 Å². The summed E-state index contributed by atoms with van der Waals surface area (Å²) in [5, 5.41) is 2.66. The van der Waals surface area contributed by atoms with Gasteiger partial charge in [0.2, 0.25) is 5.91 Å². The average molecular weight is 235 g/mol. The van der Waals surface area contributed by atoms with E-state index in [4.69, 9.17) is 5.73 Å². The highest BCUT2D eigenvalue weighted by Gasteiger charge is 2.11. The summed E-state index contributed by atoms with van der Waals surface area (Å²) in [6, 6.07) is 2.36. The molecule has 0 bridgehead atoms. The van der Waals surface area contributed by atoms with Gasteiger partial charge in [-0.05, 0) is 19.4 Å². The van der Waals surface area contributed by atoms with Crippen LogP contribution in [-0.2, 0) is 11.3 Å². The summed E-state index contributed by atoms with van der Waals surface area (Å²) in [5.41, 5.74) is 6.09. The maximum Gasteiger partial charge on any atom is 0.250 e. The zero-order valence-corrected chi connectivity index (χ0v) is 9.85. The fraction of sp³-hybridized carbons (Fsp3) is 0.333. The molecule has 1 amide bonds. The molecule has 1 atom stereocenters. The van der Waals surface area contributed by atoms with E-state index in [1.165, 1.54) is 10.6 Å². The number of hydrogen-bond donors (Lipinski definition) is 2. The SMILES string of the molecule is C=CCC(N)C(=O)Nc1ccc(=O)n(CC)c1. The number of aryl methyl sites for hydroxylation is 1. The van der Waals surface area contributed by atoms with Gasteiger partial charge in [0.1, 0.15) is 0 Å². The molecular weight excluding hydrogens is 218 g/mol. The number of rotatable bonds is 5. The predicted octanol–water partition coefficient (Wildman–Crippen LogP) is 0.710. The highest BCUT2D eigenvalue weighted by molar-refractivity contribution is 5.94. The monoisotopic (exact) mass is 235 g/mol. The summed E-state index contributed by atoms with van der Waals surface area (Å²) >= 11 is 0. The number of nitrogens with two attached hydrogens (primary N) is 1. The molecule has 0 aliphatic heterocycles. The molecule has 1 heterocycles. The van der Waals surface area contributed by atoms with Gasteiger partial charge in [0.05, 0.1) is 11.7 Å². The largest absolute Gasteiger partial charge is 0.323 e. The summed E-state index contributed by atoms with van der Waals surface area (Å²) in [4.78, 5) is 23.0. The van der Waals surface area contributed by atoms with E-state index in [0.29, 0.717) is 18.7 Å². The zero-order valence-electron chi connectivity index (χ0n) is 9.85. The highest BCUT2D eigenvalue weighted by Crippen LogP contribution is 2.04. The molecule has 0 aromatic carbocycles. The van der Waals surface area contributed by atoms with E-state index < -0.39 is 6.04 Å². The Labute approximate surface area is 99.9 Å². The first-order valence-corrected chi connectivity index (χ1v) is 5.46. The second-order valence-electron chi connectivity index (χ2n) is 3.66. The molecule has 3 N–H and O–H groups in total. The van der Waals surface area contributed by atoms with E-state index in [1.807, 2.05) is 6.92 Å². The van der Waals surface area contributed by atoms with Crippen LogP contribution >= 0.6 is 0 Å². The molecule has 1 unspecified atom stereocenters. The summed E-state index contributed by atoms with van der Waals surface area (Å²) < 4.78 is 1.51. The van der Waals surface area contributed by atoms with Crippen molar-refractivity contribution in [3.8, 4) is 0 Å². The van der Waals surface area contributed by atoms with Gasteiger partial charge in [-0.3, -0.25) is 9.59 Å². The minimum atomic E-state index is -0.616. The number of nitrogens with zero attached hydrogens (tertiary/aromatic N) is 1. The van der Waals surface area contributed by atoms with Crippen molar-refractivity contribution in [2.24, 2.45) is 5.73 Å². The van der Waals surface area contributed by atoms with Crippen molar-refractivity contribution in [3.63, 3.8) is 0 Å². The predicted molar refractivity (Wildman–Crippen MR) is 67.8 cm³/mol. The molecule has 1 aromatic rings. The summed E-state index contributed by atoms with van der Waals surface area (Å²) in [6.07, 6.45) is 3.61. The van der Waals surface area contributed by atoms with E-state index in [1.54, 1.807) is 18.3 Å². The molecule has 0 aliphatic rings. The van der Waals surface area contributed by atoms with Crippen molar-refractivity contribution < 1.29 is 4.79 Å². The van der Waals surface area contributed by atoms with Crippen LogP contribution in [0.3, 0.4) is 0 Å². The van der Waals surface area contributed by atoms with Crippen molar-refractivity contribution in [3.05, 3.63) is 41.3 Å². The maximum absolute atomic E-state index is 11.6. The van der Waals surface area contributed by atoms with Crippen molar-refractivity contribution >= 4 is 11.6 Å². The first kappa shape index (κ1) is 13.2. The van der Waals surface area contributed by atoms with Crippen molar-refractivity contribution in [1.82, 2.24) is 4.57 Å². The van der Waals surface area contributed by atoms with Crippen LogP contribution in [0, 0.1) is 0 Å². The Kier molecular flexibility index (Phi) is 4.66. The lowest BCUT2D eigenvalue weighted by molar-refractivity contribution is -0.117. The molecule has 17 heavy (non-hydrogen) atoms. The lowest BCUT2D eigenvalue weighted by Crippen LogP contribution is -2.35. The van der Waals surface area contributed by atoms with Gasteiger partial charge < -0.3 is 15.6 Å². The third-order valence-corrected chi connectivity index (χ3v) is 2.35. The Balaban J connectivity index is 2.78. The van der Waals surface area contributed by atoms with Crippen molar-refractivity contribution in [1.29, 1.82) is 0 Å². The highest BCUT2D eigenvalue weighted by atomic mass is 16.2. The Bertz CT molecular complexity index is 465. The fourth-order valence-electron chi connectivity index (χ4n) is 1.37. The molecule has 92 valence electrons. The van der Waals surface area contributed by atoms with E-state index >= 15 is 0 Å². The van der Waals surface area contributed by atoms with Gasteiger partial charge >= 0.3 is 0 Å². The number of pyridine rings is 1. The Morgan fingerprint density at radius 2 is 2.35 bits per heavy atom. The van der Waals surface area contributed by atoms with Crippen LogP contribution in [0.4, 0.5) is 5.69 Å². The van der Waals surface area contributed by atoms with Crippen LogP contribution in [-0.4, -0.2) is 16.5 Å². The lowest BCUT2D eigenvalue weighted by atomic mass is 10.2. The lowest BCUT2D eigenvalue weighted by Gasteiger charge is -2.11. The van der Waals surface area contributed by atoms with Crippen LogP contribution < -0.4 is 16.6 Å². The molecular formula is C12H17N3O2. The van der Waals surface area contributed by atoms with Gasteiger partial charge in [-0.2, -0.15) is 0 Å². The molecule has 1 aromatic heterocycles. The molecule has 0 spiro atoms. The smallest absolute Gasteiger partial charge is 0.250 e. The third kappa shape index (κ3) is 3.57. The topological polar surface area (TPSA) is 77.1 Å². The number of amides is 1. The fourth-order valence-corrected chi connectivity index (χ4v) is 1.37. The van der Waals surface area contributed by atoms with E-state index in [-0.39, 0.29) is 11.5 Å². The zero-order chi connectivity index (χ0) is 12.8. The Morgan fingerprint density at radius 3 is 2.94 bits per heavy atom. The van der Waals surface area contributed by atoms with Gasteiger partial charge in [0, 0.05) is 18.8 Å². The molecule has 5 heteroatoms. The first-order valence-electron chi connectivity index (χ1n) is 5.46. The van der Waals surface area contributed by atoms with Gasteiger partial charge in [0.25, 0.3) is 5.56 Å². The quantitative estimate of drug-likeness (QED) is 0.738. The van der Waals surface area contributed by atoms with E-state index in [9.17, 15) is 9.59 Å². The molecule has 1 rings (SSSR count). The van der Waals surface area contributed by atoms with E-state index in [0.717, 1.165) is 0 Å². The number of hydrogen-bond acceptors (Lipinski definition) is 3. The standard InChI is InChI=1S/C12H17N3O2/c1-3-5-10(13)12(17)14-9-6-7-11(16)15(4-2)8-9/h3,6-8,10H,1,4-5,13H2,2H3,(H,14,17). The van der Waals surface area contributed by atoms with Crippen LogP contribution in [0.15, 0.2) is 35.8 Å². The molecule has 0 saturated heterocycles. The maximum atomic E-state index is 11.6. The average Bonchev–Trinajstić information content (AvgIpc) is 2.31. The number of carbonyl (C=O) groups excluding carboxylic acids is 1. The number of anilines is 1. The van der Waals surface area contributed by atoms with Crippen LogP contribution in [0.25, 0.3) is 0 Å². The summed E-state index contributed by atoms with van der Waals surface area (Å²) in [7, 11) is 0. The summed E-state index contributed by atoms with van der Waals surface area (Å²) in [5.74, 6) is -0.286. The van der Waals surface area contributed by atoms with Gasteiger partial charge in [-0.1, -0.05) is 6.08 Å². The van der Waals surface area contributed by atoms with Gasteiger partial charge in [-0.25, -0.2) is 0 Å². The van der Waals surface area contributed by atoms with Crippen LogP contribution in [0.2, 0.25) is 0 Å². The number of aromatic nitrogens is 1. The first-order chi connectivity index (χ1) is 8.08. The molecule has 0 saturated carbocycles. The van der Waals surface area contributed by atoms with Crippen LogP contribution in [0.5, 0.6) is 0 Å². The van der Waals surface area contributed by atoms with Gasteiger partial charge in [0.15, 0.2) is 0 Å². The number of nitrogens with one attached hydrogen (secondary N) is 1. The second-order valence-corrected chi connectivity index (χ2v) is 3.66. The Morgan fingerprint density at radius 1 is 1.65 bits per heavy atom. The Hall–Kier alpha value is -1.88. The molecule has 0 fully saturated rings. The number of carbonyl (C=O) groups is 1. The summed E-state index contributed by atoms with van der Waals surface area (Å²) in [6.45, 7) is 5.94. The van der Waals surface area contributed by atoms with Gasteiger partial charge in [-0.15, -0.1) is 6.58 Å². The van der Waals surface area contributed by atoms with Crippen LogP contribution in [0.1, 0.15) is 13.3 Å². The second kappa shape index (κ2) is 6.00. The normalized spacial score (nSPS) is 11.9. The minimum absolute atomic E-state index is 0.0964. The van der Waals surface area contributed by atoms with Crippen molar-refractivity contribution in [2.75, 3.05) is 5.32 Å². The minimum Gasteiger partial charge on any atom is -0.323 e.